The Morgan fingerprint density at radius 3 is 2.94 bits per heavy atom. The van der Waals surface area contributed by atoms with E-state index in [1.54, 1.807) is 11.3 Å². The highest BCUT2D eigenvalue weighted by molar-refractivity contribution is 9.10. The van der Waals surface area contributed by atoms with Gasteiger partial charge in [0.2, 0.25) is 11.8 Å². The molecule has 1 saturated heterocycles. The Labute approximate surface area is 116 Å². The van der Waals surface area contributed by atoms with Crippen molar-refractivity contribution in [1.82, 2.24) is 5.32 Å². The van der Waals surface area contributed by atoms with Crippen LogP contribution in [-0.2, 0) is 9.59 Å². The maximum Gasteiger partial charge on any atom is 0.234 e. The Morgan fingerprint density at radius 2 is 2.17 bits per heavy atom. The summed E-state index contributed by atoms with van der Waals surface area (Å²) in [4.78, 5) is 23.0. The van der Waals surface area contributed by atoms with Gasteiger partial charge in [-0.3, -0.25) is 14.9 Å². The molecule has 1 aliphatic rings. The molecule has 3 nitrogen and oxygen atoms in total. The van der Waals surface area contributed by atoms with Crippen LogP contribution in [0.5, 0.6) is 0 Å². The summed E-state index contributed by atoms with van der Waals surface area (Å²) in [5, 5.41) is 5.55. The molecule has 1 fully saturated rings. The largest absolute Gasteiger partial charge is 0.296 e. The van der Waals surface area contributed by atoms with Crippen LogP contribution in [0.3, 0.4) is 0 Å². The Hall–Kier alpha value is -1.20. The molecular formula is C13H10BrNO2S. The molecule has 2 amide bonds. The predicted molar refractivity (Wildman–Crippen MR) is 74.6 cm³/mol. The van der Waals surface area contributed by atoms with Gasteiger partial charge in [0.05, 0.1) is 5.92 Å². The van der Waals surface area contributed by atoms with Crippen molar-refractivity contribution in [3.63, 3.8) is 0 Å². The molecule has 5 heteroatoms. The van der Waals surface area contributed by atoms with Crippen molar-refractivity contribution in [3.05, 3.63) is 33.6 Å². The lowest BCUT2D eigenvalue weighted by molar-refractivity contribution is -0.134. The summed E-state index contributed by atoms with van der Waals surface area (Å²) in [5.41, 5.74) is 1.03. The number of amides is 2. The number of carbonyl (C=O) groups is 2. The van der Waals surface area contributed by atoms with E-state index in [0.29, 0.717) is 12.8 Å². The van der Waals surface area contributed by atoms with Crippen molar-refractivity contribution < 1.29 is 9.59 Å². The van der Waals surface area contributed by atoms with Gasteiger partial charge in [0, 0.05) is 15.6 Å². The molecule has 92 valence electrons. The molecule has 0 aliphatic carbocycles. The SMILES string of the molecule is O=C1CCC(c2csc3cc(Br)ccc23)C(=O)N1. The third kappa shape index (κ3) is 1.97. The summed E-state index contributed by atoms with van der Waals surface area (Å²) >= 11 is 5.07. The third-order valence-electron chi connectivity index (χ3n) is 3.18. The molecule has 0 spiro atoms. The molecule has 0 saturated carbocycles. The monoisotopic (exact) mass is 323 g/mol. The van der Waals surface area contributed by atoms with Gasteiger partial charge < -0.3 is 0 Å². The van der Waals surface area contributed by atoms with Crippen LogP contribution in [0.4, 0.5) is 0 Å². The molecule has 1 aromatic carbocycles. The standard InChI is InChI=1S/C13H10BrNO2S/c14-7-1-2-8-10(6-18-11(8)5-7)9-3-4-12(16)15-13(9)17/h1-2,5-6,9H,3-4H2,(H,15,16,17). The Balaban J connectivity index is 2.04. The maximum absolute atomic E-state index is 11.9. The van der Waals surface area contributed by atoms with Crippen LogP contribution in [0.1, 0.15) is 24.3 Å². The molecular weight excluding hydrogens is 314 g/mol. The number of halogens is 1. The summed E-state index contributed by atoms with van der Waals surface area (Å²) in [6.07, 6.45) is 1.02. The van der Waals surface area contributed by atoms with E-state index in [0.717, 1.165) is 20.1 Å². The number of fused-ring (bicyclic) bond motifs is 1. The lowest BCUT2D eigenvalue weighted by Gasteiger charge is -2.20. The molecule has 2 aromatic rings. The number of nitrogens with one attached hydrogen (secondary N) is 1. The minimum absolute atomic E-state index is 0.168. The van der Waals surface area contributed by atoms with Gasteiger partial charge in [-0.25, -0.2) is 0 Å². The predicted octanol–water partition coefficient (Wildman–Crippen LogP) is 3.18. The van der Waals surface area contributed by atoms with Crippen LogP contribution in [0, 0.1) is 0 Å². The first-order chi connectivity index (χ1) is 8.65. The minimum Gasteiger partial charge on any atom is -0.296 e. The molecule has 0 bridgehead atoms. The Kier molecular flexibility index (Phi) is 2.95. The number of benzene rings is 1. The van der Waals surface area contributed by atoms with Gasteiger partial charge in [0.15, 0.2) is 0 Å². The highest BCUT2D eigenvalue weighted by atomic mass is 79.9. The summed E-state index contributed by atoms with van der Waals surface area (Å²) in [6, 6.07) is 6.05. The molecule has 1 unspecified atom stereocenters. The van der Waals surface area contributed by atoms with E-state index in [-0.39, 0.29) is 17.7 Å². The zero-order valence-corrected chi connectivity index (χ0v) is 11.8. The highest BCUT2D eigenvalue weighted by Gasteiger charge is 2.29. The van der Waals surface area contributed by atoms with Crippen molar-refractivity contribution in [3.8, 4) is 0 Å². The number of hydrogen-bond acceptors (Lipinski definition) is 3. The zero-order chi connectivity index (χ0) is 12.7. The summed E-state index contributed by atoms with van der Waals surface area (Å²) in [7, 11) is 0. The molecule has 2 heterocycles. The average Bonchev–Trinajstić information content (AvgIpc) is 2.72. The molecule has 3 rings (SSSR count). The number of carbonyl (C=O) groups excluding carboxylic acids is 2. The van der Waals surface area contributed by atoms with Crippen molar-refractivity contribution in [2.75, 3.05) is 0 Å². The fourth-order valence-corrected chi connectivity index (χ4v) is 3.85. The van der Waals surface area contributed by atoms with Gasteiger partial charge in [0.25, 0.3) is 0 Å². The number of hydrogen-bond donors (Lipinski definition) is 1. The van der Waals surface area contributed by atoms with E-state index in [1.165, 1.54) is 0 Å². The first kappa shape index (κ1) is 11.9. The van der Waals surface area contributed by atoms with Gasteiger partial charge in [0.1, 0.15) is 0 Å². The van der Waals surface area contributed by atoms with Gasteiger partial charge in [-0.2, -0.15) is 0 Å². The third-order valence-corrected chi connectivity index (χ3v) is 4.64. The Morgan fingerprint density at radius 1 is 1.33 bits per heavy atom. The van der Waals surface area contributed by atoms with Crippen molar-refractivity contribution in [2.45, 2.75) is 18.8 Å². The first-order valence-corrected chi connectivity index (χ1v) is 7.33. The van der Waals surface area contributed by atoms with E-state index < -0.39 is 0 Å². The second kappa shape index (κ2) is 4.48. The fraction of sp³-hybridized carbons (Fsp3) is 0.231. The van der Waals surface area contributed by atoms with E-state index in [2.05, 4.69) is 27.3 Å². The van der Waals surface area contributed by atoms with Crippen LogP contribution >= 0.6 is 27.3 Å². The smallest absolute Gasteiger partial charge is 0.234 e. The van der Waals surface area contributed by atoms with E-state index in [9.17, 15) is 9.59 Å². The number of thiophene rings is 1. The summed E-state index contributed by atoms with van der Waals surface area (Å²) in [5.74, 6) is -0.537. The van der Waals surface area contributed by atoms with Gasteiger partial charge in [-0.15, -0.1) is 11.3 Å². The summed E-state index contributed by atoms with van der Waals surface area (Å²) in [6.45, 7) is 0. The lowest BCUT2D eigenvalue weighted by atomic mass is 9.90. The number of piperidine rings is 1. The van der Waals surface area contributed by atoms with Crippen LogP contribution in [0.2, 0.25) is 0 Å². The van der Waals surface area contributed by atoms with Gasteiger partial charge in [-0.1, -0.05) is 22.0 Å². The first-order valence-electron chi connectivity index (χ1n) is 5.65. The van der Waals surface area contributed by atoms with Crippen LogP contribution < -0.4 is 5.32 Å². The molecule has 0 radical (unpaired) electrons. The zero-order valence-electron chi connectivity index (χ0n) is 9.40. The normalized spacial score (nSPS) is 20.2. The second-order valence-electron chi connectivity index (χ2n) is 4.34. The van der Waals surface area contributed by atoms with Gasteiger partial charge >= 0.3 is 0 Å². The quantitative estimate of drug-likeness (QED) is 0.819. The molecule has 1 N–H and O–H groups in total. The number of imide groups is 1. The van der Waals surface area contributed by atoms with E-state index in [1.807, 2.05) is 17.5 Å². The lowest BCUT2D eigenvalue weighted by Crippen LogP contribution is -2.39. The minimum atomic E-state index is -0.197. The van der Waals surface area contributed by atoms with Crippen molar-refractivity contribution in [2.24, 2.45) is 0 Å². The topological polar surface area (TPSA) is 46.2 Å². The highest BCUT2D eigenvalue weighted by Crippen LogP contribution is 2.36. The van der Waals surface area contributed by atoms with Crippen LogP contribution in [0.15, 0.2) is 28.1 Å². The average molecular weight is 324 g/mol. The fourth-order valence-electron chi connectivity index (χ4n) is 2.28. The van der Waals surface area contributed by atoms with Crippen LogP contribution in [-0.4, -0.2) is 11.8 Å². The molecule has 1 aromatic heterocycles. The van der Waals surface area contributed by atoms with Crippen LogP contribution in [0.25, 0.3) is 10.1 Å². The molecule has 1 atom stereocenters. The van der Waals surface area contributed by atoms with Gasteiger partial charge in [-0.05, 0) is 34.9 Å². The molecule has 1 aliphatic heterocycles. The Bertz CT molecular complexity index is 649. The van der Waals surface area contributed by atoms with E-state index in [4.69, 9.17) is 0 Å². The van der Waals surface area contributed by atoms with Crippen molar-refractivity contribution >= 4 is 49.2 Å². The number of rotatable bonds is 1. The molecule has 18 heavy (non-hydrogen) atoms. The van der Waals surface area contributed by atoms with E-state index >= 15 is 0 Å². The maximum atomic E-state index is 11.9. The summed E-state index contributed by atoms with van der Waals surface area (Å²) < 4.78 is 2.19. The second-order valence-corrected chi connectivity index (χ2v) is 6.16. The van der Waals surface area contributed by atoms with Crippen molar-refractivity contribution in [1.29, 1.82) is 0 Å².